The number of nitrogens with zero attached hydrogens (tertiary/aromatic N) is 4. The van der Waals surface area contributed by atoms with Gasteiger partial charge in [0.2, 0.25) is 0 Å². The maximum Gasteiger partial charge on any atom is 0.410 e. The molecule has 11 heteroatoms. The zero-order valence-electron chi connectivity index (χ0n) is 15.4. The lowest BCUT2D eigenvalue weighted by Gasteiger charge is -2.52. The first kappa shape index (κ1) is 18.5. The van der Waals surface area contributed by atoms with Crippen LogP contribution in [0.3, 0.4) is 0 Å². The number of hydrogen-bond acceptors (Lipinski definition) is 6. The highest BCUT2D eigenvalue weighted by Crippen LogP contribution is 2.48. The van der Waals surface area contributed by atoms with E-state index in [1.54, 1.807) is 4.90 Å². The van der Waals surface area contributed by atoms with Gasteiger partial charge in [-0.25, -0.2) is 14.4 Å². The van der Waals surface area contributed by atoms with Crippen molar-refractivity contribution >= 4 is 24.1 Å². The van der Waals surface area contributed by atoms with E-state index in [4.69, 9.17) is 4.74 Å². The number of carboxylic acid groups (broad SMARTS) is 2. The van der Waals surface area contributed by atoms with Gasteiger partial charge in [0.1, 0.15) is 18.3 Å². The monoisotopic (exact) mass is 394 g/mol. The van der Waals surface area contributed by atoms with Crippen LogP contribution in [0, 0.1) is 5.92 Å². The third-order valence-corrected chi connectivity index (χ3v) is 6.09. The van der Waals surface area contributed by atoms with Crippen LogP contribution in [0.15, 0.2) is 11.3 Å². The lowest BCUT2D eigenvalue weighted by atomic mass is 9.78. The average Bonchev–Trinajstić information content (AvgIpc) is 2.98. The molecule has 2 N–H and O–H groups in total. The predicted molar refractivity (Wildman–Crippen MR) is 92.3 cm³/mol. The first-order valence-corrected chi connectivity index (χ1v) is 9.20. The highest BCUT2D eigenvalue weighted by Gasteiger charge is 2.64. The third-order valence-electron chi connectivity index (χ3n) is 6.09. The van der Waals surface area contributed by atoms with Gasteiger partial charge < -0.3 is 24.7 Å². The van der Waals surface area contributed by atoms with Crippen molar-refractivity contribution in [3.05, 3.63) is 11.3 Å². The number of ether oxygens (including phenoxy) is 1. The van der Waals surface area contributed by atoms with E-state index < -0.39 is 36.1 Å². The molecule has 0 aromatic heterocycles. The number of carbonyl (C=O) groups is 4. The molecular formula is C17H22N4O7. The summed E-state index contributed by atoms with van der Waals surface area (Å²) in [4.78, 5) is 53.9. The third kappa shape index (κ3) is 2.68. The summed E-state index contributed by atoms with van der Waals surface area (Å²) >= 11 is 0. The largest absolute Gasteiger partial charge is 0.477 e. The number of piperidine rings is 1. The van der Waals surface area contributed by atoms with E-state index in [0.717, 1.165) is 22.9 Å². The van der Waals surface area contributed by atoms with Crippen molar-refractivity contribution in [2.75, 3.05) is 46.4 Å². The van der Waals surface area contributed by atoms with Crippen LogP contribution >= 0.6 is 0 Å². The lowest BCUT2D eigenvalue weighted by Crippen LogP contribution is -2.73. The van der Waals surface area contributed by atoms with E-state index in [-0.39, 0.29) is 24.8 Å². The molecular weight excluding hydrogens is 372 g/mol. The van der Waals surface area contributed by atoms with Gasteiger partial charge in [-0.05, 0) is 13.5 Å². The van der Waals surface area contributed by atoms with Crippen molar-refractivity contribution in [3.8, 4) is 0 Å². The van der Waals surface area contributed by atoms with Gasteiger partial charge >= 0.3 is 18.2 Å². The molecule has 0 bridgehead atoms. The Morgan fingerprint density at radius 2 is 1.79 bits per heavy atom. The van der Waals surface area contributed by atoms with E-state index in [1.807, 2.05) is 7.05 Å². The summed E-state index contributed by atoms with van der Waals surface area (Å²) in [6, 6.07) is -1.39. The van der Waals surface area contributed by atoms with Crippen LogP contribution in [0.2, 0.25) is 0 Å². The molecule has 3 fully saturated rings. The van der Waals surface area contributed by atoms with Crippen LogP contribution in [-0.4, -0.2) is 112 Å². The Balaban J connectivity index is 1.50. The van der Waals surface area contributed by atoms with Crippen LogP contribution in [0.1, 0.15) is 6.42 Å². The number of carboxylic acids is 1. The molecule has 0 aromatic carbocycles. The number of piperazine rings is 1. The van der Waals surface area contributed by atoms with Crippen LogP contribution < -0.4 is 0 Å². The summed E-state index contributed by atoms with van der Waals surface area (Å²) in [5.74, 6) is -2.12. The minimum absolute atomic E-state index is 0.142. The minimum Gasteiger partial charge on any atom is -0.477 e. The molecule has 0 aromatic rings. The fraction of sp³-hybridized carbons (Fsp3) is 0.647. The first-order valence-electron chi connectivity index (χ1n) is 9.20. The van der Waals surface area contributed by atoms with Gasteiger partial charge in [-0.1, -0.05) is 0 Å². The Morgan fingerprint density at radius 1 is 1.11 bits per heavy atom. The topological polar surface area (TPSA) is 131 Å². The van der Waals surface area contributed by atoms with Crippen LogP contribution in [0.4, 0.5) is 9.59 Å². The zero-order valence-corrected chi connectivity index (χ0v) is 15.4. The number of likely N-dealkylation sites (N-methyl/N-ethyl adjacent to an activating group) is 1. The van der Waals surface area contributed by atoms with Gasteiger partial charge in [-0.15, -0.1) is 0 Å². The number of carbonyl (C=O) groups excluding carboxylic acids is 2. The molecule has 4 heterocycles. The average molecular weight is 394 g/mol. The molecule has 3 amide bonds. The smallest absolute Gasteiger partial charge is 0.410 e. The van der Waals surface area contributed by atoms with E-state index >= 15 is 0 Å². The number of likely N-dealkylation sites (tertiary alicyclic amines) is 1. The summed E-state index contributed by atoms with van der Waals surface area (Å²) in [6.45, 7) is 2.47. The molecule has 11 nitrogen and oxygen atoms in total. The maximum absolute atomic E-state index is 12.4. The summed E-state index contributed by atoms with van der Waals surface area (Å²) < 4.78 is 5.39. The molecule has 4 aliphatic rings. The van der Waals surface area contributed by atoms with Gasteiger partial charge in [0.05, 0.1) is 6.04 Å². The van der Waals surface area contributed by atoms with Gasteiger partial charge in [-0.2, -0.15) is 0 Å². The van der Waals surface area contributed by atoms with Gasteiger partial charge in [0.25, 0.3) is 5.91 Å². The maximum atomic E-state index is 12.4. The van der Waals surface area contributed by atoms with Gasteiger partial charge in [0.15, 0.2) is 0 Å². The summed E-state index contributed by atoms with van der Waals surface area (Å²) in [5, 5.41) is 18.9. The number of rotatable bonds is 3. The predicted octanol–water partition coefficient (Wildman–Crippen LogP) is -0.698. The standard InChI is InChI=1S/C17H22N4O7/c1-18-4-6-19(7-5-18)17(27)28-8-10-9-2-3-20(16(25)26)13-11(9)21(14(13)22)12(10)15(23)24/h9,11,13H,2-8H2,1H3,(H,23,24)(H,25,26)/t9?,11-,13+/m1/s1. The minimum atomic E-state index is -1.27. The van der Waals surface area contributed by atoms with Gasteiger partial charge in [0, 0.05) is 44.2 Å². The van der Waals surface area contributed by atoms with Crippen molar-refractivity contribution in [2.24, 2.45) is 5.92 Å². The number of aliphatic carboxylic acids is 1. The molecule has 0 radical (unpaired) electrons. The molecule has 0 aliphatic carbocycles. The number of amides is 3. The van der Waals surface area contributed by atoms with Crippen molar-refractivity contribution in [1.82, 2.24) is 19.6 Å². The normalized spacial score (nSPS) is 29.5. The molecule has 0 spiro atoms. The van der Waals surface area contributed by atoms with E-state index in [9.17, 15) is 29.4 Å². The lowest BCUT2D eigenvalue weighted by molar-refractivity contribution is -0.161. The summed E-state index contributed by atoms with van der Waals surface area (Å²) in [7, 11) is 1.96. The van der Waals surface area contributed by atoms with Crippen molar-refractivity contribution in [1.29, 1.82) is 0 Å². The van der Waals surface area contributed by atoms with Crippen molar-refractivity contribution in [2.45, 2.75) is 18.5 Å². The number of β-lactam (4-membered cyclic amide) rings is 1. The molecule has 1 unspecified atom stereocenters. The zero-order chi connectivity index (χ0) is 20.2. The fourth-order valence-electron chi connectivity index (χ4n) is 4.62. The molecule has 4 aliphatic heterocycles. The summed E-state index contributed by atoms with van der Waals surface area (Å²) in [5.41, 5.74) is 0.218. The van der Waals surface area contributed by atoms with E-state index in [1.165, 1.54) is 0 Å². The quantitative estimate of drug-likeness (QED) is 0.601. The fourth-order valence-corrected chi connectivity index (χ4v) is 4.62. The molecule has 28 heavy (non-hydrogen) atoms. The van der Waals surface area contributed by atoms with E-state index in [2.05, 4.69) is 4.90 Å². The molecule has 3 atom stereocenters. The summed E-state index contributed by atoms with van der Waals surface area (Å²) in [6.07, 6.45) is -1.32. The molecule has 3 saturated heterocycles. The first-order chi connectivity index (χ1) is 13.3. The van der Waals surface area contributed by atoms with E-state index in [0.29, 0.717) is 25.1 Å². The number of hydrogen-bond donors (Lipinski definition) is 2. The Bertz CT molecular complexity index is 773. The van der Waals surface area contributed by atoms with Gasteiger partial charge in [-0.3, -0.25) is 14.6 Å². The van der Waals surface area contributed by atoms with Crippen molar-refractivity contribution < 1.29 is 34.1 Å². The Hall–Kier alpha value is -2.82. The second-order valence-electron chi connectivity index (χ2n) is 7.54. The van der Waals surface area contributed by atoms with Crippen molar-refractivity contribution in [3.63, 3.8) is 0 Å². The molecule has 0 saturated carbocycles. The Labute approximate surface area is 160 Å². The Kier molecular flexibility index (Phi) is 4.41. The van der Waals surface area contributed by atoms with Crippen LogP contribution in [-0.2, 0) is 14.3 Å². The Morgan fingerprint density at radius 3 is 2.39 bits per heavy atom. The second-order valence-corrected chi connectivity index (χ2v) is 7.54. The molecule has 152 valence electrons. The highest BCUT2D eigenvalue weighted by molar-refractivity contribution is 6.02. The van der Waals surface area contributed by atoms with Crippen LogP contribution in [0.5, 0.6) is 0 Å². The molecule has 4 rings (SSSR count). The highest BCUT2D eigenvalue weighted by atomic mass is 16.6. The SMILES string of the molecule is CN1CCN(C(=O)OCC2=C(C(=O)O)N3C(=O)[C@@H]4[C@H]3C2CCN4C(=O)O)CC1. The second kappa shape index (κ2) is 6.66. The van der Waals surface area contributed by atoms with Crippen LogP contribution in [0.25, 0.3) is 0 Å².